The van der Waals surface area contributed by atoms with Crippen LogP contribution < -0.4 is 10.2 Å². The molecule has 0 atom stereocenters. The average molecular weight is 252 g/mol. The molecule has 0 unspecified atom stereocenters. The summed E-state index contributed by atoms with van der Waals surface area (Å²) in [6, 6.07) is 13.6. The topological polar surface area (TPSA) is 52.0 Å². The third-order valence-electron chi connectivity index (χ3n) is 2.73. The van der Waals surface area contributed by atoms with Gasteiger partial charge in [-0.05, 0) is 31.2 Å². The highest BCUT2D eigenvalue weighted by Crippen LogP contribution is 2.26. The van der Waals surface area contributed by atoms with E-state index in [1.807, 2.05) is 50.2 Å². The Morgan fingerprint density at radius 3 is 2.63 bits per heavy atom. The van der Waals surface area contributed by atoms with Gasteiger partial charge in [0.25, 0.3) is 0 Å². The molecule has 0 radical (unpaired) electrons. The van der Waals surface area contributed by atoms with E-state index in [-0.39, 0.29) is 0 Å². The summed E-state index contributed by atoms with van der Waals surface area (Å²) in [5, 5.41) is 12.2. The molecule has 2 aromatic rings. The largest absolute Gasteiger partial charge is 0.376 e. The van der Waals surface area contributed by atoms with Crippen LogP contribution in [0.4, 0.5) is 17.2 Å². The van der Waals surface area contributed by atoms with Gasteiger partial charge >= 0.3 is 0 Å². The highest BCUT2D eigenvalue weighted by molar-refractivity contribution is 5.74. The number of hydrogen-bond acceptors (Lipinski definition) is 4. The number of aryl methyl sites for hydroxylation is 1. The summed E-state index contributed by atoms with van der Waals surface area (Å²) in [5.41, 5.74) is 3.47. The smallest absolute Gasteiger partial charge is 0.131 e. The molecule has 0 bridgehead atoms. The highest BCUT2D eigenvalue weighted by atomic mass is 15.1. The van der Waals surface area contributed by atoms with Crippen LogP contribution in [0.3, 0.4) is 0 Å². The molecule has 0 fully saturated rings. The first kappa shape index (κ1) is 12.9. The molecule has 19 heavy (non-hydrogen) atoms. The van der Waals surface area contributed by atoms with Crippen molar-refractivity contribution in [3.05, 3.63) is 47.7 Å². The molecule has 1 heterocycles. The number of rotatable bonds is 3. The van der Waals surface area contributed by atoms with Crippen LogP contribution in [0.2, 0.25) is 0 Å². The molecule has 2 rings (SSSR count). The Hall–Kier alpha value is -2.54. The van der Waals surface area contributed by atoms with Gasteiger partial charge in [-0.2, -0.15) is 5.26 Å². The average Bonchev–Trinajstić information content (AvgIpc) is 2.38. The maximum absolute atomic E-state index is 8.98. The number of aromatic nitrogens is 1. The van der Waals surface area contributed by atoms with Crippen molar-refractivity contribution >= 4 is 17.2 Å². The number of benzene rings is 1. The standard InChI is InChI=1S/C15H16N4/c1-11-8-12(10-16)9-15(17-11)18-13-6-4-5-7-14(13)19(2)3/h4-9H,1-3H3,(H,17,18). The lowest BCUT2D eigenvalue weighted by molar-refractivity contribution is 1.13. The van der Waals surface area contributed by atoms with Crippen LogP contribution in [0.25, 0.3) is 0 Å². The van der Waals surface area contributed by atoms with Crippen molar-refractivity contribution in [3.8, 4) is 6.07 Å². The summed E-state index contributed by atoms with van der Waals surface area (Å²) < 4.78 is 0. The van der Waals surface area contributed by atoms with Gasteiger partial charge in [-0.1, -0.05) is 12.1 Å². The quantitative estimate of drug-likeness (QED) is 0.912. The van der Waals surface area contributed by atoms with Gasteiger partial charge in [0.15, 0.2) is 0 Å². The van der Waals surface area contributed by atoms with Gasteiger partial charge < -0.3 is 10.2 Å². The van der Waals surface area contributed by atoms with Crippen LogP contribution in [0.15, 0.2) is 36.4 Å². The molecule has 0 aliphatic rings. The maximum Gasteiger partial charge on any atom is 0.131 e. The minimum Gasteiger partial charge on any atom is -0.376 e. The lowest BCUT2D eigenvalue weighted by Crippen LogP contribution is -2.11. The van der Waals surface area contributed by atoms with Crippen molar-refractivity contribution in [1.82, 2.24) is 4.98 Å². The van der Waals surface area contributed by atoms with E-state index in [1.54, 1.807) is 12.1 Å². The molecule has 1 aromatic carbocycles. The fraction of sp³-hybridized carbons (Fsp3) is 0.200. The van der Waals surface area contributed by atoms with E-state index in [4.69, 9.17) is 5.26 Å². The fourth-order valence-electron chi connectivity index (χ4n) is 1.90. The van der Waals surface area contributed by atoms with Crippen LogP contribution in [-0.4, -0.2) is 19.1 Å². The first-order valence-corrected chi connectivity index (χ1v) is 6.02. The Labute approximate surface area is 113 Å². The number of anilines is 3. The number of pyridine rings is 1. The highest BCUT2D eigenvalue weighted by Gasteiger charge is 2.05. The summed E-state index contributed by atoms with van der Waals surface area (Å²) in [6.45, 7) is 1.88. The van der Waals surface area contributed by atoms with Gasteiger partial charge in [0.05, 0.1) is 23.0 Å². The zero-order chi connectivity index (χ0) is 13.8. The van der Waals surface area contributed by atoms with Crippen LogP contribution in [-0.2, 0) is 0 Å². The number of para-hydroxylation sites is 2. The number of nitrogens with one attached hydrogen (secondary N) is 1. The molecule has 0 aliphatic carbocycles. The molecule has 96 valence electrons. The van der Waals surface area contributed by atoms with E-state index in [9.17, 15) is 0 Å². The van der Waals surface area contributed by atoms with Gasteiger partial charge in [-0.25, -0.2) is 4.98 Å². The molecular formula is C15H16N4. The van der Waals surface area contributed by atoms with E-state index in [0.29, 0.717) is 11.4 Å². The molecule has 1 aromatic heterocycles. The van der Waals surface area contributed by atoms with E-state index in [1.165, 1.54) is 0 Å². The predicted octanol–water partition coefficient (Wildman–Crippen LogP) is 3.07. The first-order valence-electron chi connectivity index (χ1n) is 6.02. The van der Waals surface area contributed by atoms with E-state index in [2.05, 4.69) is 16.4 Å². The minimum absolute atomic E-state index is 0.609. The Morgan fingerprint density at radius 1 is 1.21 bits per heavy atom. The Morgan fingerprint density at radius 2 is 1.95 bits per heavy atom. The second kappa shape index (κ2) is 5.40. The first-order chi connectivity index (χ1) is 9.10. The zero-order valence-corrected chi connectivity index (χ0v) is 11.3. The van der Waals surface area contributed by atoms with Crippen LogP contribution in [0, 0.1) is 18.3 Å². The molecule has 0 saturated carbocycles. The summed E-state index contributed by atoms with van der Waals surface area (Å²) in [6.07, 6.45) is 0. The maximum atomic E-state index is 8.98. The Bertz CT molecular complexity index is 626. The normalized spacial score (nSPS) is 9.79. The van der Waals surface area contributed by atoms with Crippen molar-refractivity contribution in [2.45, 2.75) is 6.92 Å². The van der Waals surface area contributed by atoms with Crippen molar-refractivity contribution in [2.24, 2.45) is 0 Å². The predicted molar refractivity (Wildman–Crippen MR) is 77.7 cm³/mol. The zero-order valence-electron chi connectivity index (χ0n) is 11.3. The molecule has 0 spiro atoms. The fourth-order valence-corrected chi connectivity index (χ4v) is 1.90. The molecule has 0 saturated heterocycles. The van der Waals surface area contributed by atoms with E-state index >= 15 is 0 Å². The molecule has 0 aliphatic heterocycles. The Balaban J connectivity index is 2.37. The number of nitriles is 1. The lowest BCUT2D eigenvalue weighted by Gasteiger charge is -2.18. The second-order valence-electron chi connectivity index (χ2n) is 4.53. The summed E-state index contributed by atoms with van der Waals surface area (Å²) >= 11 is 0. The van der Waals surface area contributed by atoms with Gasteiger partial charge in [-0.15, -0.1) is 0 Å². The van der Waals surface area contributed by atoms with Crippen LogP contribution >= 0.6 is 0 Å². The monoisotopic (exact) mass is 252 g/mol. The van der Waals surface area contributed by atoms with Crippen molar-refractivity contribution in [1.29, 1.82) is 5.26 Å². The summed E-state index contributed by atoms with van der Waals surface area (Å²) in [7, 11) is 3.98. The van der Waals surface area contributed by atoms with Crippen molar-refractivity contribution in [3.63, 3.8) is 0 Å². The molecule has 4 heteroatoms. The minimum atomic E-state index is 0.609. The van der Waals surface area contributed by atoms with Crippen molar-refractivity contribution in [2.75, 3.05) is 24.3 Å². The Kier molecular flexibility index (Phi) is 3.67. The number of nitrogens with zero attached hydrogens (tertiary/aromatic N) is 3. The van der Waals surface area contributed by atoms with E-state index in [0.717, 1.165) is 17.1 Å². The molecule has 0 amide bonds. The van der Waals surface area contributed by atoms with Crippen molar-refractivity contribution < 1.29 is 0 Å². The summed E-state index contributed by atoms with van der Waals surface area (Å²) in [4.78, 5) is 6.43. The lowest BCUT2D eigenvalue weighted by atomic mass is 10.2. The molecule has 4 nitrogen and oxygen atoms in total. The molecule has 1 N–H and O–H groups in total. The van der Waals surface area contributed by atoms with Gasteiger partial charge in [0, 0.05) is 19.8 Å². The number of hydrogen-bond donors (Lipinski definition) is 1. The molecular weight excluding hydrogens is 236 g/mol. The van der Waals surface area contributed by atoms with Gasteiger partial charge in [0.1, 0.15) is 5.82 Å². The second-order valence-corrected chi connectivity index (χ2v) is 4.53. The van der Waals surface area contributed by atoms with Gasteiger partial charge in [-0.3, -0.25) is 0 Å². The van der Waals surface area contributed by atoms with Crippen LogP contribution in [0.5, 0.6) is 0 Å². The van der Waals surface area contributed by atoms with E-state index < -0.39 is 0 Å². The van der Waals surface area contributed by atoms with Crippen LogP contribution in [0.1, 0.15) is 11.3 Å². The SMILES string of the molecule is Cc1cc(C#N)cc(Nc2ccccc2N(C)C)n1. The third-order valence-corrected chi connectivity index (χ3v) is 2.73. The van der Waals surface area contributed by atoms with Gasteiger partial charge in [0.2, 0.25) is 0 Å². The summed E-state index contributed by atoms with van der Waals surface area (Å²) in [5.74, 6) is 0.686. The third kappa shape index (κ3) is 3.02.